The molecule has 0 spiro atoms. The summed E-state index contributed by atoms with van der Waals surface area (Å²) in [7, 11) is 0. The monoisotopic (exact) mass is 307 g/mol. The van der Waals surface area contributed by atoms with Crippen molar-refractivity contribution in [1.29, 1.82) is 0 Å². The molecule has 0 saturated carbocycles. The van der Waals surface area contributed by atoms with Crippen LogP contribution in [0.1, 0.15) is 5.56 Å². The lowest BCUT2D eigenvalue weighted by Gasteiger charge is -2.36. The molecule has 1 saturated heterocycles. The highest BCUT2D eigenvalue weighted by Crippen LogP contribution is 2.24. The van der Waals surface area contributed by atoms with Crippen LogP contribution in [0.5, 0.6) is 0 Å². The van der Waals surface area contributed by atoms with Crippen molar-refractivity contribution in [2.24, 2.45) is 0 Å². The van der Waals surface area contributed by atoms with E-state index in [0.717, 1.165) is 22.3 Å². The van der Waals surface area contributed by atoms with Crippen molar-refractivity contribution in [2.45, 2.75) is 13.0 Å². The Labute approximate surface area is 128 Å². The molecule has 22 heavy (non-hydrogen) atoms. The molecule has 0 amide bonds. The minimum absolute atomic E-state index is 0.0790. The third kappa shape index (κ3) is 3.18. The first-order valence-electron chi connectivity index (χ1n) is 7.42. The molecule has 0 bridgehead atoms. The number of halogens is 2. The van der Waals surface area contributed by atoms with Gasteiger partial charge in [-0.15, -0.1) is 0 Å². The van der Waals surface area contributed by atoms with Gasteiger partial charge in [-0.1, -0.05) is 18.2 Å². The Morgan fingerprint density at radius 2 is 1.86 bits per heavy atom. The van der Waals surface area contributed by atoms with E-state index in [2.05, 4.69) is 9.88 Å². The van der Waals surface area contributed by atoms with Crippen LogP contribution in [-0.2, 0) is 6.61 Å². The number of alkyl halides is 2. The number of aliphatic hydroxyl groups excluding tert-OH is 1. The van der Waals surface area contributed by atoms with Gasteiger partial charge in [0.1, 0.15) is 5.82 Å². The van der Waals surface area contributed by atoms with Crippen molar-refractivity contribution in [3.05, 3.63) is 35.9 Å². The highest BCUT2D eigenvalue weighted by molar-refractivity contribution is 5.81. The predicted octanol–water partition coefficient (Wildman–Crippen LogP) is 2.11. The molecular formula is C16H19F2N3O. The molecule has 1 N–H and O–H groups in total. The van der Waals surface area contributed by atoms with Gasteiger partial charge < -0.3 is 10.0 Å². The zero-order valence-corrected chi connectivity index (χ0v) is 12.3. The smallest absolute Gasteiger partial charge is 0.251 e. The minimum Gasteiger partial charge on any atom is -0.392 e. The maximum atomic E-state index is 12.4. The van der Waals surface area contributed by atoms with E-state index < -0.39 is 6.43 Å². The van der Waals surface area contributed by atoms with Crippen molar-refractivity contribution in [3.63, 3.8) is 0 Å². The predicted molar refractivity (Wildman–Crippen MR) is 82.3 cm³/mol. The van der Waals surface area contributed by atoms with E-state index in [1.807, 2.05) is 30.3 Å². The standard InChI is InChI=1S/C16H19F2N3O/c17-15(18)10-20-5-7-21(8-6-20)16-13(11-22)9-12-3-1-2-4-14(12)19-16/h1-4,9,15,22H,5-8,10-11H2. The highest BCUT2D eigenvalue weighted by Gasteiger charge is 2.22. The van der Waals surface area contributed by atoms with Crippen LogP contribution in [0, 0.1) is 0 Å². The zero-order valence-electron chi connectivity index (χ0n) is 12.3. The molecule has 2 heterocycles. The number of para-hydroxylation sites is 1. The molecule has 4 nitrogen and oxygen atoms in total. The van der Waals surface area contributed by atoms with Gasteiger partial charge in [-0.05, 0) is 12.1 Å². The maximum Gasteiger partial charge on any atom is 0.251 e. The molecule has 1 aromatic carbocycles. The molecule has 1 aliphatic rings. The maximum absolute atomic E-state index is 12.4. The molecule has 2 aromatic rings. The third-order valence-electron chi connectivity index (χ3n) is 4.02. The summed E-state index contributed by atoms with van der Waals surface area (Å²) < 4.78 is 24.9. The van der Waals surface area contributed by atoms with Crippen LogP contribution in [0.2, 0.25) is 0 Å². The largest absolute Gasteiger partial charge is 0.392 e. The van der Waals surface area contributed by atoms with Crippen LogP contribution in [0.4, 0.5) is 14.6 Å². The van der Waals surface area contributed by atoms with Crippen LogP contribution < -0.4 is 4.90 Å². The number of aliphatic hydroxyl groups is 1. The van der Waals surface area contributed by atoms with E-state index in [1.54, 1.807) is 4.90 Å². The summed E-state index contributed by atoms with van der Waals surface area (Å²) in [4.78, 5) is 8.49. The van der Waals surface area contributed by atoms with Gasteiger partial charge in [0.05, 0.1) is 18.7 Å². The van der Waals surface area contributed by atoms with Crippen molar-refractivity contribution < 1.29 is 13.9 Å². The second kappa shape index (κ2) is 6.54. The Bertz CT molecular complexity index is 642. The van der Waals surface area contributed by atoms with Gasteiger partial charge in [-0.3, -0.25) is 4.90 Å². The highest BCUT2D eigenvalue weighted by atomic mass is 19.3. The molecule has 1 fully saturated rings. The Hall–Kier alpha value is -1.79. The summed E-state index contributed by atoms with van der Waals surface area (Å²) in [6.45, 7) is 2.21. The van der Waals surface area contributed by atoms with Crippen LogP contribution in [0.15, 0.2) is 30.3 Å². The lowest BCUT2D eigenvalue weighted by atomic mass is 10.1. The van der Waals surface area contributed by atoms with Crippen LogP contribution in [0.25, 0.3) is 10.9 Å². The number of aromatic nitrogens is 1. The summed E-state index contributed by atoms with van der Waals surface area (Å²) in [6, 6.07) is 9.72. The molecule has 118 valence electrons. The molecule has 0 radical (unpaired) electrons. The first-order chi connectivity index (χ1) is 10.7. The number of piperazine rings is 1. The lowest BCUT2D eigenvalue weighted by Crippen LogP contribution is -2.48. The van der Waals surface area contributed by atoms with Crippen molar-refractivity contribution in [3.8, 4) is 0 Å². The van der Waals surface area contributed by atoms with E-state index >= 15 is 0 Å². The van der Waals surface area contributed by atoms with Gasteiger partial charge in [0.2, 0.25) is 0 Å². The minimum atomic E-state index is -2.29. The summed E-state index contributed by atoms with van der Waals surface area (Å²) in [5.74, 6) is 0.762. The van der Waals surface area contributed by atoms with E-state index in [4.69, 9.17) is 0 Å². The first-order valence-corrected chi connectivity index (χ1v) is 7.42. The molecule has 0 atom stereocenters. The summed E-state index contributed by atoms with van der Waals surface area (Å²) >= 11 is 0. The summed E-state index contributed by atoms with van der Waals surface area (Å²) in [6.07, 6.45) is -2.29. The fourth-order valence-electron chi connectivity index (χ4n) is 2.88. The summed E-state index contributed by atoms with van der Waals surface area (Å²) in [5.41, 5.74) is 1.66. The van der Waals surface area contributed by atoms with Crippen LogP contribution in [-0.4, -0.2) is 54.1 Å². The van der Waals surface area contributed by atoms with Crippen molar-refractivity contribution in [1.82, 2.24) is 9.88 Å². The molecule has 0 unspecified atom stereocenters. The molecule has 1 aliphatic heterocycles. The van der Waals surface area contributed by atoms with Gasteiger partial charge in [-0.2, -0.15) is 0 Å². The number of pyridine rings is 1. The normalized spacial score (nSPS) is 16.6. The molecule has 3 rings (SSSR count). The van der Waals surface area contributed by atoms with Crippen LogP contribution in [0.3, 0.4) is 0 Å². The topological polar surface area (TPSA) is 39.6 Å². The van der Waals surface area contributed by atoms with Crippen molar-refractivity contribution in [2.75, 3.05) is 37.6 Å². The second-order valence-electron chi connectivity index (χ2n) is 5.50. The molecule has 0 aliphatic carbocycles. The van der Waals surface area contributed by atoms with Gasteiger partial charge >= 0.3 is 0 Å². The van der Waals surface area contributed by atoms with Gasteiger partial charge in [0.15, 0.2) is 0 Å². The fourth-order valence-corrected chi connectivity index (χ4v) is 2.88. The average molecular weight is 307 g/mol. The molecule has 1 aromatic heterocycles. The van der Waals surface area contributed by atoms with E-state index in [-0.39, 0.29) is 13.2 Å². The van der Waals surface area contributed by atoms with E-state index in [9.17, 15) is 13.9 Å². The van der Waals surface area contributed by atoms with Gasteiger partial charge in [0, 0.05) is 37.1 Å². The Morgan fingerprint density at radius 1 is 1.14 bits per heavy atom. The van der Waals surface area contributed by atoms with Gasteiger partial charge in [-0.25, -0.2) is 13.8 Å². The Kier molecular flexibility index (Phi) is 4.49. The fraction of sp³-hybridized carbons (Fsp3) is 0.438. The zero-order chi connectivity index (χ0) is 15.5. The second-order valence-corrected chi connectivity index (χ2v) is 5.50. The number of anilines is 1. The number of hydrogen-bond donors (Lipinski definition) is 1. The first kappa shape index (κ1) is 15.1. The SMILES string of the molecule is OCc1cc2ccccc2nc1N1CCN(CC(F)F)CC1. The number of nitrogens with zero attached hydrogens (tertiary/aromatic N) is 3. The Morgan fingerprint density at radius 3 is 2.55 bits per heavy atom. The lowest BCUT2D eigenvalue weighted by molar-refractivity contribution is 0.0853. The summed E-state index contributed by atoms with van der Waals surface area (Å²) in [5, 5.41) is 10.6. The third-order valence-corrected chi connectivity index (χ3v) is 4.02. The molecular weight excluding hydrogens is 288 g/mol. The average Bonchev–Trinajstić information content (AvgIpc) is 2.54. The van der Waals surface area contributed by atoms with Crippen LogP contribution >= 0.6 is 0 Å². The quantitative estimate of drug-likeness (QED) is 0.939. The Balaban J connectivity index is 1.81. The number of benzene rings is 1. The van der Waals surface area contributed by atoms with E-state index in [1.165, 1.54) is 0 Å². The number of rotatable bonds is 4. The van der Waals surface area contributed by atoms with Gasteiger partial charge in [0.25, 0.3) is 6.43 Å². The molecule has 6 heteroatoms. The number of hydrogen-bond acceptors (Lipinski definition) is 4. The van der Waals surface area contributed by atoms with E-state index in [0.29, 0.717) is 26.2 Å². The van der Waals surface area contributed by atoms with Crippen molar-refractivity contribution >= 4 is 16.7 Å². The number of fused-ring (bicyclic) bond motifs is 1.